The molecule has 0 N–H and O–H groups in total. The Morgan fingerprint density at radius 2 is 1.83 bits per heavy atom. The Kier molecular flexibility index (Phi) is 4.65. The maximum absolute atomic E-state index is 12.4. The Hall–Kier alpha value is -2.30. The lowest BCUT2D eigenvalue weighted by Gasteiger charge is -2.36. The first-order chi connectivity index (χ1) is 11.1. The third kappa shape index (κ3) is 3.55. The first kappa shape index (κ1) is 15.6. The van der Waals surface area contributed by atoms with Crippen molar-refractivity contribution in [1.82, 2.24) is 10.1 Å². The number of para-hydroxylation sites is 1. The maximum atomic E-state index is 12.4. The molecule has 1 aliphatic rings. The Bertz CT molecular complexity index is 639. The molecule has 2 heterocycles. The third-order valence-corrected chi connectivity index (χ3v) is 4.52. The van der Waals surface area contributed by atoms with Crippen molar-refractivity contribution in [3.63, 3.8) is 0 Å². The van der Waals surface area contributed by atoms with Crippen molar-refractivity contribution in [1.29, 1.82) is 0 Å². The summed E-state index contributed by atoms with van der Waals surface area (Å²) in [5.74, 6) is 1.04. The van der Waals surface area contributed by atoms with Gasteiger partial charge in [0.2, 0.25) is 5.91 Å². The number of nitrogens with zero attached hydrogens (tertiary/aromatic N) is 3. The summed E-state index contributed by atoms with van der Waals surface area (Å²) >= 11 is 0. The van der Waals surface area contributed by atoms with Crippen LogP contribution in [-0.4, -0.2) is 42.1 Å². The summed E-state index contributed by atoms with van der Waals surface area (Å²) in [4.78, 5) is 16.7. The summed E-state index contributed by atoms with van der Waals surface area (Å²) in [5, 5.41) is 3.94. The molecule has 3 rings (SSSR count). The summed E-state index contributed by atoms with van der Waals surface area (Å²) in [6.07, 6.45) is 1.23. The van der Waals surface area contributed by atoms with Gasteiger partial charge in [-0.2, -0.15) is 0 Å². The lowest BCUT2D eigenvalue weighted by Crippen LogP contribution is -2.48. The zero-order valence-electron chi connectivity index (χ0n) is 13.8. The number of anilines is 1. The van der Waals surface area contributed by atoms with Gasteiger partial charge in [0.1, 0.15) is 5.76 Å². The molecule has 1 saturated heterocycles. The van der Waals surface area contributed by atoms with E-state index in [2.05, 4.69) is 34.3 Å². The second kappa shape index (κ2) is 6.86. The molecule has 1 amide bonds. The molecule has 1 fully saturated rings. The first-order valence-corrected chi connectivity index (χ1v) is 8.14. The van der Waals surface area contributed by atoms with Gasteiger partial charge in [0.15, 0.2) is 0 Å². The van der Waals surface area contributed by atoms with Crippen LogP contribution in [0.4, 0.5) is 5.69 Å². The molecule has 5 heteroatoms. The van der Waals surface area contributed by atoms with E-state index in [-0.39, 0.29) is 5.91 Å². The number of hydrogen-bond donors (Lipinski definition) is 0. The van der Waals surface area contributed by atoms with Crippen LogP contribution >= 0.6 is 0 Å². The zero-order chi connectivity index (χ0) is 16.2. The standard InChI is InChI=1S/C18H23N3O2/c1-14-17(15(2)23-19-14)8-9-18(22)21-12-10-20(11-13-21)16-6-4-3-5-7-16/h3-7H,8-13H2,1-2H3. The number of aryl methyl sites for hydroxylation is 2. The molecule has 23 heavy (non-hydrogen) atoms. The van der Waals surface area contributed by atoms with Crippen molar-refractivity contribution in [2.75, 3.05) is 31.1 Å². The smallest absolute Gasteiger partial charge is 0.223 e. The molecule has 0 aliphatic carbocycles. The fourth-order valence-corrected chi connectivity index (χ4v) is 3.10. The number of rotatable bonds is 4. The Morgan fingerprint density at radius 3 is 2.43 bits per heavy atom. The Labute approximate surface area is 136 Å². The van der Waals surface area contributed by atoms with Gasteiger partial charge in [-0.15, -0.1) is 0 Å². The molecule has 0 saturated carbocycles. The second-order valence-electron chi connectivity index (χ2n) is 6.01. The van der Waals surface area contributed by atoms with Crippen LogP contribution in [0.1, 0.15) is 23.4 Å². The second-order valence-corrected chi connectivity index (χ2v) is 6.01. The number of carbonyl (C=O) groups is 1. The van der Waals surface area contributed by atoms with Crippen LogP contribution in [0.2, 0.25) is 0 Å². The predicted octanol–water partition coefficient (Wildman–Crippen LogP) is 2.57. The maximum Gasteiger partial charge on any atom is 0.223 e. The molecule has 5 nitrogen and oxygen atoms in total. The molecule has 0 spiro atoms. The van der Waals surface area contributed by atoms with Gasteiger partial charge >= 0.3 is 0 Å². The molecule has 1 aromatic heterocycles. The highest BCUT2D eigenvalue weighted by atomic mass is 16.5. The molecular formula is C18H23N3O2. The number of piperazine rings is 1. The minimum Gasteiger partial charge on any atom is -0.368 e. The van der Waals surface area contributed by atoms with Gasteiger partial charge in [-0.1, -0.05) is 23.4 Å². The summed E-state index contributed by atoms with van der Waals surface area (Å²) < 4.78 is 5.15. The van der Waals surface area contributed by atoms with Crippen LogP contribution < -0.4 is 4.90 Å². The summed E-state index contributed by atoms with van der Waals surface area (Å²) in [5.41, 5.74) is 3.20. The molecule has 0 unspecified atom stereocenters. The largest absolute Gasteiger partial charge is 0.368 e. The monoisotopic (exact) mass is 313 g/mol. The van der Waals surface area contributed by atoms with Crippen molar-refractivity contribution in [3.05, 3.63) is 47.3 Å². The van der Waals surface area contributed by atoms with Gasteiger partial charge in [-0.05, 0) is 32.4 Å². The van der Waals surface area contributed by atoms with Crippen LogP contribution in [0, 0.1) is 13.8 Å². The lowest BCUT2D eigenvalue weighted by molar-refractivity contribution is -0.131. The van der Waals surface area contributed by atoms with Gasteiger partial charge in [-0.3, -0.25) is 4.79 Å². The molecular weight excluding hydrogens is 290 g/mol. The van der Waals surface area contributed by atoms with E-state index >= 15 is 0 Å². The molecule has 0 atom stereocenters. The average molecular weight is 313 g/mol. The topological polar surface area (TPSA) is 49.6 Å². The van der Waals surface area contributed by atoms with Gasteiger partial charge < -0.3 is 14.3 Å². The molecule has 1 aromatic carbocycles. The van der Waals surface area contributed by atoms with Crippen molar-refractivity contribution < 1.29 is 9.32 Å². The highest BCUT2D eigenvalue weighted by Crippen LogP contribution is 2.18. The van der Waals surface area contributed by atoms with Gasteiger partial charge in [0.25, 0.3) is 0 Å². The van der Waals surface area contributed by atoms with Gasteiger partial charge in [0.05, 0.1) is 5.69 Å². The van der Waals surface area contributed by atoms with Crippen LogP contribution in [0.15, 0.2) is 34.9 Å². The van der Waals surface area contributed by atoms with Crippen LogP contribution in [0.3, 0.4) is 0 Å². The Balaban J connectivity index is 1.50. The van der Waals surface area contributed by atoms with Crippen molar-refractivity contribution >= 4 is 11.6 Å². The van der Waals surface area contributed by atoms with E-state index in [4.69, 9.17) is 4.52 Å². The molecule has 1 aliphatic heterocycles. The highest BCUT2D eigenvalue weighted by molar-refractivity contribution is 5.76. The number of amides is 1. The summed E-state index contributed by atoms with van der Waals surface area (Å²) in [7, 11) is 0. The van der Waals surface area contributed by atoms with Gasteiger partial charge in [0, 0.05) is 43.9 Å². The fourth-order valence-electron chi connectivity index (χ4n) is 3.10. The van der Waals surface area contributed by atoms with E-state index in [9.17, 15) is 4.79 Å². The molecule has 0 bridgehead atoms. The van der Waals surface area contributed by atoms with E-state index in [0.717, 1.165) is 43.2 Å². The normalized spacial score (nSPS) is 15.0. The SMILES string of the molecule is Cc1noc(C)c1CCC(=O)N1CCN(c2ccccc2)CC1. The van der Waals surface area contributed by atoms with E-state index in [1.54, 1.807) is 0 Å². The zero-order valence-corrected chi connectivity index (χ0v) is 13.8. The first-order valence-electron chi connectivity index (χ1n) is 8.14. The van der Waals surface area contributed by atoms with E-state index in [1.165, 1.54) is 5.69 Å². The van der Waals surface area contributed by atoms with Crippen molar-refractivity contribution in [2.45, 2.75) is 26.7 Å². The van der Waals surface area contributed by atoms with Crippen LogP contribution in [-0.2, 0) is 11.2 Å². The van der Waals surface area contributed by atoms with Crippen molar-refractivity contribution in [3.8, 4) is 0 Å². The van der Waals surface area contributed by atoms with E-state index in [0.29, 0.717) is 12.8 Å². The number of carbonyl (C=O) groups excluding carboxylic acids is 1. The van der Waals surface area contributed by atoms with Crippen LogP contribution in [0.5, 0.6) is 0 Å². The minimum atomic E-state index is 0.220. The van der Waals surface area contributed by atoms with Crippen molar-refractivity contribution in [2.24, 2.45) is 0 Å². The molecule has 0 radical (unpaired) electrons. The number of hydrogen-bond acceptors (Lipinski definition) is 4. The summed E-state index contributed by atoms with van der Waals surface area (Å²) in [6, 6.07) is 10.4. The average Bonchev–Trinajstić information content (AvgIpc) is 2.92. The highest BCUT2D eigenvalue weighted by Gasteiger charge is 2.21. The number of benzene rings is 1. The predicted molar refractivity (Wildman–Crippen MR) is 89.5 cm³/mol. The quantitative estimate of drug-likeness (QED) is 0.870. The molecule has 2 aromatic rings. The Morgan fingerprint density at radius 1 is 1.13 bits per heavy atom. The van der Waals surface area contributed by atoms with Crippen LogP contribution in [0.25, 0.3) is 0 Å². The third-order valence-electron chi connectivity index (χ3n) is 4.52. The lowest BCUT2D eigenvalue weighted by atomic mass is 10.1. The van der Waals surface area contributed by atoms with E-state index < -0.39 is 0 Å². The minimum absolute atomic E-state index is 0.220. The fraction of sp³-hybridized carbons (Fsp3) is 0.444. The van der Waals surface area contributed by atoms with E-state index in [1.807, 2.05) is 24.8 Å². The number of aromatic nitrogens is 1. The van der Waals surface area contributed by atoms with Gasteiger partial charge in [-0.25, -0.2) is 0 Å². The summed E-state index contributed by atoms with van der Waals surface area (Å²) in [6.45, 7) is 7.18. The molecule has 122 valence electrons.